The molecule has 5 rings (SSSR count). The van der Waals surface area contributed by atoms with E-state index in [2.05, 4.69) is 25.2 Å². The standard InChI is InChI=1S/C24H29N5O3/c30-23(25-15-18-16-31-19-8-2-3-9-20(19)32-18)26-17-24(11-5-1-6-12-24)14-22-28-27-21-10-4-7-13-29(21)22/h2-4,7-10,13,18H,1,5-6,11-12,14-17H2,(H2,25,26,30)/t18-/m1/s1. The molecule has 8 nitrogen and oxygen atoms in total. The summed E-state index contributed by atoms with van der Waals surface area (Å²) in [5.74, 6) is 2.41. The highest BCUT2D eigenvalue weighted by atomic mass is 16.6. The first-order valence-electron chi connectivity index (χ1n) is 11.4. The number of amides is 2. The highest BCUT2D eigenvalue weighted by Gasteiger charge is 2.34. The van der Waals surface area contributed by atoms with Crippen LogP contribution in [0.25, 0.3) is 5.65 Å². The van der Waals surface area contributed by atoms with Crippen LogP contribution in [0.2, 0.25) is 0 Å². The third-order valence-electron chi connectivity index (χ3n) is 6.51. The molecule has 0 unspecified atom stereocenters. The molecule has 8 heteroatoms. The quantitative estimate of drug-likeness (QED) is 0.620. The summed E-state index contributed by atoms with van der Waals surface area (Å²) in [4.78, 5) is 12.6. The summed E-state index contributed by atoms with van der Waals surface area (Å²) in [6.45, 7) is 1.43. The van der Waals surface area contributed by atoms with Crippen molar-refractivity contribution in [3.05, 3.63) is 54.5 Å². The Kier molecular flexibility index (Phi) is 5.83. The van der Waals surface area contributed by atoms with E-state index < -0.39 is 0 Å². The van der Waals surface area contributed by atoms with Gasteiger partial charge in [-0.1, -0.05) is 37.5 Å². The Hall–Kier alpha value is -3.29. The fourth-order valence-electron chi connectivity index (χ4n) is 4.77. The van der Waals surface area contributed by atoms with Crippen LogP contribution >= 0.6 is 0 Å². The Morgan fingerprint density at radius 2 is 1.84 bits per heavy atom. The number of ether oxygens (including phenoxy) is 2. The predicted molar refractivity (Wildman–Crippen MR) is 120 cm³/mol. The van der Waals surface area contributed by atoms with Gasteiger partial charge in [-0.3, -0.25) is 4.40 Å². The van der Waals surface area contributed by atoms with Crippen LogP contribution in [0.15, 0.2) is 48.7 Å². The van der Waals surface area contributed by atoms with E-state index in [4.69, 9.17) is 9.47 Å². The highest BCUT2D eigenvalue weighted by molar-refractivity contribution is 5.73. The summed E-state index contributed by atoms with van der Waals surface area (Å²) >= 11 is 0. The number of para-hydroxylation sites is 2. The number of rotatable bonds is 6. The van der Waals surface area contributed by atoms with Gasteiger partial charge in [-0.15, -0.1) is 10.2 Å². The minimum atomic E-state index is -0.207. The molecule has 1 fully saturated rings. The number of carbonyl (C=O) groups excluding carboxylic acids is 1. The van der Waals surface area contributed by atoms with E-state index in [1.165, 1.54) is 19.3 Å². The summed E-state index contributed by atoms with van der Waals surface area (Å²) in [7, 11) is 0. The number of hydrogen-bond acceptors (Lipinski definition) is 5. The van der Waals surface area contributed by atoms with Crippen molar-refractivity contribution in [1.82, 2.24) is 25.2 Å². The normalized spacial score (nSPS) is 19.4. The van der Waals surface area contributed by atoms with Crippen LogP contribution in [-0.2, 0) is 6.42 Å². The number of aromatic nitrogens is 3. The topological polar surface area (TPSA) is 89.8 Å². The van der Waals surface area contributed by atoms with E-state index in [0.717, 1.165) is 36.5 Å². The number of fused-ring (bicyclic) bond motifs is 2. The first-order valence-corrected chi connectivity index (χ1v) is 11.4. The second kappa shape index (κ2) is 9.06. The van der Waals surface area contributed by atoms with E-state index in [9.17, 15) is 4.79 Å². The number of carbonyl (C=O) groups is 1. The summed E-state index contributed by atoms with van der Waals surface area (Å²) in [5.41, 5.74) is 0.855. The molecule has 168 valence electrons. The Bertz CT molecular complexity index is 1080. The van der Waals surface area contributed by atoms with Gasteiger partial charge < -0.3 is 20.1 Å². The summed E-state index contributed by atoms with van der Waals surface area (Å²) in [5, 5.41) is 14.8. The third-order valence-corrected chi connectivity index (χ3v) is 6.51. The van der Waals surface area contributed by atoms with Gasteiger partial charge in [-0.2, -0.15) is 0 Å². The van der Waals surface area contributed by atoms with Crippen molar-refractivity contribution in [1.29, 1.82) is 0 Å². The lowest BCUT2D eigenvalue weighted by atomic mass is 9.71. The van der Waals surface area contributed by atoms with Crippen molar-refractivity contribution in [2.75, 3.05) is 19.7 Å². The largest absolute Gasteiger partial charge is 0.486 e. The van der Waals surface area contributed by atoms with Crippen LogP contribution in [-0.4, -0.2) is 46.4 Å². The zero-order valence-corrected chi connectivity index (χ0v) is 18.1. The number of hydrogen-bond donors (Lipinski definition) is 2. The Morgan fingerprint density at radius 3 is 2.72 bits per heavy atom. The van der Waals surface area contributed by atoms with Crippen LogP contribution in [0.4, 0.5) is 4.79 Å². The van der Waals surface area contributed by atoms with Crippen LogP contribution < -0.4 is 20.1 Å². The maximum absolute atomic E-state index is 12.6. The molecule has 2 aliphatic rings. The molecule has 2 amide bonds. The Morgan fingerprint density at radius 1 is 1.03 bits per heavy atom. The van der Waals surface area contributed by atoms with Crippen molar-refractivity contribution in [2.24, 2.45) is 5.41 Å². The van der Waals surface area contributed by atoms with Crippen molar-refractivity contribution in [3.8, 4) is 11.5 Å². The first kappa shape index (κ1) is 20.6. The molecule has 1 aliphatic carbocycles. The second-order valence-corrected chi connectivity index (χ2v) is 8.84. The average Bonchev–Trinajstić information content (AvgIpc) is 3.24. The van der Waals surface area contributed by atoms with Crippen molar-refractivity contribution in [3.63, 3.8) is 0 Å². The van der Waals surface area contributed by atoms with E-state index in [0.29, 0.717) is 25.4 Å². The van der Waals surface area contributed by atoms with Crippen LogP contribution in [0, 0.1) is 5.41 Å². The number of nitrogens with zero attached hydrogens (tertiary/aromatic N) is 3. The van der Waals surface area contributed by atoms with Crippen molar-refractivity contribution < 1.29 is 14.3 Å². The van der Waals surface area contributed by atoms with E-state index in [1.807, 2.05) is 48.7 Å². The molecule has 1 aromatic carbocycles. The number of pyridine rings is 1. The molecular weight excluding hydrogens is 406 g/mol. The lowest BCUT2D eigenvalue weighted by molar-refractivity contribution is 0.0915. The molecule has 0 spiro atoms. The Labute approximate surface area is 187 Å². The van der Waals surface area contributed by atoms with E-state index >= 15 is 0 Å². The molecule has 0 radical (unpaired) electrons. The maximum Gasteiger partial charge on any atom is 0.314 e. The first-order chi connectivity index (χ1) is 15.7. The van der Waals surface area contributed by atoms with Gasteiger partial charge in [0.15, 0.2) is 23.3 Å². The monoisotopic (exact) mass is 435 g/mol. The van der Waals surface area contributed by atoms with Gasteiger partial charge in [0.2, 0.25) is 0 Å². The number of benzene rings is 1. The molecule has 32 heavy (non-hydrogen) atoms. The SMILES string of the molecule is O=C(NC[C@@H]1COc2ccccc2O1)NCC1(Cc2nnc3ccccn23)CCCCC1. The highest BCUT2D eigenvalue weighted by Crippen LogP contribution is 2.38. The maximum atomic E-state index is 12.6. The van der Waals surface area contributed by atoms with Crippen molar-refractivity contribution in [2.45, 2.75) is 44.6 Å². The number of urea groups is 1. The molecule has 0 bridgehead atoms. The van der Waals surface area contributed by atoms with Crippen molar-refractivity contribution >= 4 is 11.7 Å². The average molecular weight is 436 g/mol. The Balaban J connectivity index is 1.17. The van der Waals surface area contributed by atoms with E-state index in [1.54, 1.807) is 0 Å². The zero-order chi connectivity index (χ0) is 21.8. The van der Waals surface area contributed by atoms with Gasteiger partial charge >= 0.3 is 6.03 Å². The fraction of sp³-hybridized carbons (Fsp3) is 0.458. The molecule has 0 saturated heterocycles. The molecule has 2 aromatic heterocycles. The molecule has 1 aliphatic heterocycles. The van der Waals surface area contributed by atoms with Gasteiger partial charge in [0.05, 0.1) is 6.54 Å². The smallest absolute Gasteiger partial charge is 0.314 e. The summed E-state index contributed by atoms with van der Waals surface area (Å²) < 4.78 is 13.7. The minimum Gasteiger partial charge on any atom is -0.486 e. The van der Waals surface area contributed by atoms with Crippen LogP contribution in [0.3, 0.4) is 0 Å². The second-order valence-electron chi connectivity index (χ2n) is 8.84. The van der Waals surface area contributed by atoms with Gasteiger partial charge in [0, 0.05) is 19.2 Å². The van der Waals surface area contributed by atoms with Gasteiger partial charge in [-0.25, -0.2) is 4.79 Å². The molecule has 1 atom stereocenters. The lowest BCUT2D eigenvalue weighted by Crippen LogP contribution is -2.48. The van der Waals surface area contributed by atoms with Gasteiger partial charge in [0.25, 0.3) is 0 Å². The summed E-state index contributed by atoms with van der Waals surface area (Å²) in [6.07, 6.45) is 8.34. The minimum absolute atomic E-state index is 0.00220. The molecule has 1 saturated carbocycles. The summed E-state index contributed by atoms with van der Waals surface area (Å²) in [6, 6.07) is 13.3. The lowest BCUT2D eigenvalue weighted by Gasteiger charge is -2.37. The fourth-order valence-corrected chi connectivity index (χ4v) is 4.77. The molecule has 3 heterocycles. The number of nitrogens with one attached hydrogen (secondary N) is 2. The molecule has 3 aromatic rings. The zero-order valence-electron chi connectivity index (χ0n) is 18.1. The van der Waals surface area contributed by atoms with Crippen LogP contribution in [0.1, 0.15) is 37.9 Å². The third kappa shape index (κ3) is 4.49. The van der Waals surface area contributed by atoms with E-state index in [-0.39, 0.29) is 17.6 Å². The van der Waals surface area contributed by atoms with Gasteiger partial charge in [0.1, 0.15) is 12.4 Å². The van der Waals surface area contributed by atoms with Crippen LogP contribution in [0.5, 0.6) is 11.5 Å². The predicted octanol–water partition coefficient (Wildman–Crippen LogP) is 3.36. The molecular formula is C24H29N5O3. The molecule has 2 N–H and O–H groups in total. The van der Waals surface area contributed by atoms with Gasteiger partial charge in [-0.05, 0) is 42.5 Å².